The Morgan fingerprint density at radius 2 is 2.04 bits per heavy atom. The van der Waals surface area contributed by atoms with Crippen molar-refractivity contribution < 1.29 is 22.6 Å². The van der Waals surface area contributed by atoms with Gasteiger partial charge in [0.15, 0.2) is 0 Å². The molecule has 1 N–H and O–H groups in total. The Hall–Kier alpha value is -2.26. The van der Waals surface area contributed by atoms with Gasteiger partial charge in [0.2, 0.25) is 0 Å². The quantitative estimate of drug-likeness (QED) is 0.790. The first kappa shape index (κ1) is 18.5. The maximum absolute atomic E-state index is 12.7. The lowest BCUT2D eigenvalue weighted by Crippen LogP contribution is -2.20. The monoisotopic (exact) mass is 381 g/mol. The summed E-state index contributed by atoms with van der Waals surface area (Å²) in [5, 5.41) is 4.26. The van der Waals surface area contributed by atoms with Gasteiger partial charge in [-0.2, -0.15) is 5.10 Å². The van der Waals surface area contributed by atoms with Crippen molar-refractivity contribution in [1.29, 1.82) is 0 Å². The van der Waals surface area contributed by atoms with Crippen LogP contribution < -0.4 is 14.2 Å². The summed E-state index contributed by atoms with van der Waals surface area (Å²) in [6.45, 7) is 2.28. The first-order valence-corrected chi connectivity index (χ1v) is 9.85. The molecule has 0 amide bonds. The Labute approximate surface area is 153 Å². The summed E-state index contributed by atoms with van der Waals surface area (Å²) >= 11 is 0. The summed E-state index contributed by atoms with van der Waals surface area (Å²) in [5.41, 5.74) is 0.412. The second-order valence-corrected chi connectivity index (χ2v) is 7.78. The van der Waals surface area contributed by atoms with Crippen LogP contribution in [-0.2, 0) is 21.3 Å². The lowest BCUT2D eigenvalue weighted by molar-refractivity contribution is 0.0601. The Kier molecular flexibility index (Phi) is 5.67. The number of nitrogens with one attached hydrogen (secondary N) is 1. The third kappa shape index (κ3) is 4.28. The van der Waals surface area contributed by atoms with Crippen molar-refractivity contribution in [1.82, 2.24) is 9.78 Å². The van der Waals surface area contributed by atoms with Crippen LogP contribution in [0.1, 0.15) is 12.8 Å². The fourth-order valence-corrected chi connectivity index (χ4v) is 4.10. The van der Waals surface area contributed by atoms with Crippen LogP contribution >= 0.6 is 0 Å². The van der Waals surface area contributed by atoms with Gasteiger partial charge in [0.25, 0.3) is 10.0 Å². The number of sulfonamides is 1. The standard InChI is InChI=1S/C17H23N3O5S/c1-23-15-3-4-17(16(9-15)24-2)26(21,22)19-14-10-18-20(12-14)11-13-5-7-25-8-6-13/h3-4,9-10,12-13,19H,5-8,11H2,1-2H3. The van der Waals surface area contributed by atoms with Crippen LogP contribution in [0.4, 0.5) is 5.69 Å². The second kappa shape index (κ2) is 7.96. The van der Waals surface area contributed by atoms with E-state index in [2.05, 4.69) is 9.82 Å². The molecule has 1 aromatic carbocycles. The Bertz CT molecular complexity index is 844. The fourth-order valence-electron chi connectivity index (χ4n) is 2.92. The zero-order valence-corrected chi connectivity index (χ0v) is 15.7. The van der Waals surface area contributed by atoms with Gasteiger partial charge in [-0.15, -0.1) is 0 Å². The first-order valence-electron chi connectivity index (χ1n) is 8.37. The molecule has 1 saturated heterocycles. The summed E-state index contributed by atoms with van der Waals surface area (Å²) < 4.78 is 45.3. The van der Waals surface area contributed by atoms with Crippen molar-refractivity contribution >= 4 is 15.7 Å². The molecular weight excluding hydrogens is 358 g/mol. The summed E-state index contributed by atoms with van der Waals surface area (Å²) in [7, 11) is -0.880. The smallest absolute Gasteiger partial charge is 0.265 e. The van der Waals surface area contributed by atoms with Gasteiger partial charge in [-0.05, 0) is 30.9 Å². The number of ether oxygens (including phenoxy) is 3. The van der Waals surface area contributed by atoms with Crippen LogP contribution in [0.3, 0.4) is 0 Å². The fraction of sp³-hybridized carbons (Fsp3) is 0.471. The summed E-state index contributed by atoms with van der Waals surface area (Å²) in [4.78, 5) is 0.0398. The molecule has 1 fully saturated rings. The van der Waals surface area contributed by atoms with Gasteiger partial charge in [0.1, 0.15) is 16.4 Å². The Morgan fingerprint density at radius 3 is 2.73 bits per heavy atom. The molecule has 142 valence electrons. The van der Waals surface area contributed by atoms with Gasteiger partial charge < -0.3 is 14.2 Å². The maximum Gasteiger partial charge on any atom is 0.265 e. The van der Waals surface area contributed by atoms with E-state index in [-0.39, 0.29) is 10.6 Å². The van der Waals surface area contributed by atoms with E-state index >= 15 is 0 Å². The molecule has 0 spiro atoms. The van der Waals surface area contributed by atoms with Crippen molar-refractivity contribution in [3.63, 3.8) is 0 Å². The highest BCUT2D eigenvalue weighted by molar-refractivity contribution is 7.92. The number of methoxy groups -OCH3 is 2. The molecule has 26 heavy (non-hydrogen) atoms. The van der Waals surface area contributed by atoms with Crippen LogP contribution in [0.15, 0.2) is 35.5 Å². The Balaban J connectivity index is 1.73. The number of nitrogens with zero attached hydrogens (tertiary/aromatic N) is 2. The number of anilines is 1. The van der Waals surface area contributed by atoms with Crippen molar-refractivity contribution in [3.05, 3.63) is 30.6 Å². The largest absolute Gasteiger partial charge is 0.497 e. The molecule has 1 aromatic heterocycles. The Morgan fingerprint density at radius 1 is 1.27 bits per heavy atom. The molecule has 0 atom stereocenters. The highest BCUT2D eigenvalue weighted by Gasteiger charge is 2.21. The molecule has 1 aliphatic rings. The number of rotatable bonds is 7. The van der Waals surface area contributed by atoms with Crippen LogP contribution in [0.5, 0.6) is 11.5 Å². The van der Waals surface area contributed by atoms with Gasteiger partial charge in [-0.1, -0.05) is 0 Å². The molecular formula is C17H23N3O5S. The molecule has 3 rings (SSSR count). The minimum atomic E-state index is -3.80. The first-order chi connectivity index (χ1) is 12.5. The van der Waals surface area contributed by atoms with Crippen molar-refractivity contribution in [2.75, 3.05) is 32.2 Å². The van der Waals surface area contributed by atoms with Crippen molar-refractivity contribution in [3.8, 4) is 11.5 Å². The number of aromatic nitrogens is 2. The molecule has 0 saturated carbocycles. The normalized spacial score (nSPS) is 15.6. The zero-order valence-electron chi connectivity index (χ0n) is 14.8. The van der Waals surface area contributed by atoms with Crippen LogP contribution in [-0.4, -0.2) is 45.6 Å². The van der Waals surface area contributed by atoms with E-state index in [9.17, 15) is 8.42 Å². The summed E-state index contributed by atoms with van der Waals surface area (Å²) in [6.07, 6.45) is 5.18. The molecule has 8 nitrogen and oxygen atoms in total. The van der Waals surface area contributed by atoms with Crippen molar-refractivity contribution in [2.24, 2.45) is 5.92 Å². The molecule has 0 radical (unpaired) electrons. The number of hydrogen-bond acceptors (Lipinski definition) is 6. The predicted octanol–water partition coefficient (Wildman–Crippen LogP) is 2.13. The SMILES string of the molecule is COc1ccc(S(=O)(=O)Nc2cnn(CC3CCOCC3)c2)c(OC)c1. The highest BCUT2D eigenvalue weighted by Crippen LogP contribution is 2.29. The van der Waals surface area contributed by atoms with E-state index in [1.807, 2.05) is 0 Å². The van der Waals surface area contributed by atoms with E-state index in [1.165, 1.54) is 32.5 Å². The van der Waals surface area contributed by atoms with Crippen LogP contribution in [0.2, 0.25) is 0 Å². The summed E-state index contributed by atoms with van der Waals surface area (Å²) in [5.74, 6) is 1.23. The predicted molar refractivity (Wildman–Crippen MR) is 96.1 cm³/mol. The lowest BCUT2D eigenvalue weighted by atomic mass is 10.0. The van der Waals surface area contributed by atoms with Gasteiger partial charge in [-0.3, -0.25) is 9.40 Å². The summed E-state index contributed by atoms with van der Waals surface area (Å²) in [6, 6.07) is 4.56. The molecule has 2 heterocycles. The third-order valence-corrected chi connectivity index (χ3v) is 5.75. The topological polar surface area (TPSA) is 91.7 Å². The van der Waals surface area contributed by atoms with Gasteiger partial charge in [-0.25, -0.2) is 8.42 Å². The molecule has 0 aliphatic carbocycles. The van der Waals surface area contributed by atoms with Gasteiger partial charge >= 0.3 is 0 Å². The van der Waals surface area contributed by atoms with E-state index in [0.717, 1.165) is 32.6 Å². The average Bonchev–Trinajstić information content (AvgIpc) is 3.07. The van der Waals surface area contributed by atoms with Gasteiger partial charge in [0, 0.05) is 32.0 Å². The van der Waals surface area contributed by atoms with E-state index in [0.29, 0.717) is 17.4 Å². The maximum atomic E-state index is 12.7. The van der Waals surface area contributed by atoms with Crippen LogP contribution in [0, 0.1) is 5.92 Å². The second-order valence-electron chi connectivity index (χ2n) is 6.13. The highest BCUT2D eigenvalue weighted by atomic mass is 32.2. The molecule has 0 bridgehead atoms. The van der Waals surface area contributed by atoms with E-state index in [4.69, 9.17) is 14.2 Å². The number of benzene rings is 1. The zero-order chi connectivity index (χ0) is 18.6. The van der Waals surface area contributed by atoms with E-state index in [1.54, 1.807) is 16.9 Å². The van der Waals surface area contributed by atoms with Gasteiger partial charge in [0.05, 0.1) is 26.1 Å². The minimum absolute atomic E-state index is 0.0398. The number of hydrogen-bond donors (Lipinski definition) is 1. The minimum Gasteiger partial charge on any atom is -0.497 e. The molecule has 9 heteroatoms. The van der Waals surface area contributed by atoms with Crippen molar-refractivity contribution in [2.45, 2.75) is 24.3 Å². The van der Waals surface area contributed by atoms with Crippen LogP contribution in [0.25, 0.3) is 0 Å². The average molecular weight is 381 g/mol. The molecule has 0 unspecified atom stereocenters. The van der Waals surface area contributed by atoms with E-state index < -0.39 is 10.0 Å². The third-order valence-electron chi connectivity index (χ3n) is 4.33. The molecule has 1 aliphatic heterocycles. The molecule has 2 aromatic rings. The lowest BCUT2D eigenvalue weighted by Gasteiger charge is -2.21.